The molecule has 3 aromatic carbocycles. The van der Waals surface area contributed by atoms with Crippen LogP contribution in [0.1, 0.15) is 41.4 Å². The lowest BCUT2D eigenvalue weighted by molar-refractivity contribution is -0.118. The predicted octanol–water partition coefficient (Wildman–Crippen LogP) is 4.80. The minimum absolute atomic E-state index is 0.0796. The molecular weight excluding hydrogens is 348 g/mol. The van der Waals surface area contributed by atoms with Gasteiger partial charge in [-0.2, -0.15) is 0 Å². The molecule has 0 unspecified atom stereocenters. The van der Waals surface area contributed by atoms with Crippen LogP contribution in [0.15, 0.2) is 84.9 Å². The summed E-state index contributed by atoms with van der Waals surface area (Å²) in [6.45, 7) is 3.66. The van der Waals surface area contributed by atoms with Gasteiger partial charge in [0.15, 0.2) is 0 Å². The van der Waals surface area contributed by atoms with E-state index < -0.39 is 0 Å². The Bertz CT molecular complexity index is 898. The number of carbonyl (C=O) groups excluding carboxylic acids is 2. The van der Waals surface area contributed by atoms with Gasteiger partial charge in [0, 0.05) is 17.2 Å². The highest BCUT2D eigenvalue weighted by atomic mass is 16.2. The van der Waals surface area contributed by atoms with E-state index in [1.54, 1.807) is 24.3 Å². The Morgan fingerprint density at radius 1 is 0.750 bits per heavy atom. The van der Waals surface area contributed by atoms with Gasteiger partial charge in [-0.15, -0.1) is 0 Å². The molecule has 0 atom stereocenters. The molecule has 0 saturated carbocycles. The van der Waals surface area contributed by atoms with Gasteiger partial charge < -0.3 is 10.6 Å². The maximum atomic E-state index is 12.9. The van der Waals surface area contributed by atoms with Crippen molar-refractivity contribution in [3.05, 3.63) is 102 Å². The Kier molecular flexibility index (Phi) is 6.22. The summed E-state index contributed by atoms with van der Waals surface area (Å²) in [6.07, 6.45) is 0. The molecule has 4 nitrogen and oxygen atoms in total. The van der Waals surface area contributed by atoms with Crippen LogP contribution in [0.4, 0.5) is 5.69 Å². The highest BCUT2D eigenvalue weighted by Crippen LogP contribution is 2.23. The van der Waals surface area contributed by atoms with Gasteiger partial charge in [-0.05, 0) is 29.3 Å². The number of anilines is 1. The Hall–Kier alpha value is -3.40. The van der Waals surface area contributed by atoms with Crippen LogP contribution in [0.25, 0.3) is 0 Å². The summed E-state index contributed by atoms with van der Waals surface area (Å²) in [5, 5.41) is 5.95. The first-order valence-corrected chi connectivity index (χ1v) is 9.36. The fourth-order valence-electron chi connectivity index (χ4n) is 2.89. The fraction of sp³-hybridized carbons (Fsp3) is 0.167. The third-order valence-electron chi connectivity index (χ3n) is 4.46. The smallest absolute Gasteiger partial charge is 0.252 e. The summed E-state index contributed by atoms with van der Waals surface area (Å²) in [5.41, 5.74) is 3.12. The van der Waals surface area contributed by atoms with Gasteiger partial charge >= 0.3 is 0 Å². The molecule has 0 bridgehead atoms. The van der Waals surface area contributed by atoms with Crippen molar-refractivity contribution in [3.63, 3.8) is 0 Å². The van der Waals surface area contributed by atoms with Crippen LogP contribution in [0.2, 0.25) is 0 Å². The Balaban J connectivity index is 1.84. The van der Waals surface area contributed by atoms with E-state index in [9.17, 15) is 9.59 Å². The molecule has 2 amide bonds. The Labute approximate surface area is 165 Å². The second-order valence-corrected chi connectivity index (χ2v) is 6.95. The molecular formula is C24H24N2O2. The summed E-state index contributed by atoms with van der Waals surface area (Å²) < 4.78 is 0. The number of rotatable bonds is 6. The van der Waals surface area contributed by atoms with Crippen LogP contribution < -0.4 is 10.6 Å². The van der Waals surface area contributed by atoms with Gasteiger partial charge in [-0.25, -0.2) is 0 Å². The number of hydrogen-bond donors (Lipinski definition) is 2. The number of benzene rings is 3. The largest absolute Gasteiger partial charge is 0.341 e. The quantitative estimate of drug-likeness (QED) is 0.653. The van der Waals surface area contributed by atoms with Gasteiger partial charge in [0.25, 0.3) is 5.91 Å². The van der Waals surface area contributed by atoms with E-state index in [1.165, 1.54) is 0 Å². The molecule has 0 aromatic heterocycles. The lowest BCUT2D eigenvalue weighted by Crippen LogP contribution is -2.29. The van der Waals surface area contributed by atoms with E-state index >= 15 is 0 Å². The molecule has 0 radical (unpaired) electrons. The molecule has 0 spiro atoms. The monoisotopic (exact) mass is 372 g/mol. The number of carbonyl (C=O) groups is 2. The van der Waals surface area contributed by atoms with E-state index in [4.69, 9.17) is 0 Å². The van der Waals surface area contributed by atoms with E-state index in [-0.39, 0.29) is 23.8 Å². The minimum atomic E-state index is -0.260. The number of hydrogen-bond acceptors (Lipinski definition) is 2. The highest BCUT2D eigenvalue weighted by molar-refractivity contribution is 5.97. The van der Waals surface area contributed by atoms with Crippen LogP contribution in [-0.4, -0.2) is 11.8 Å². The van der Waals surface area contributed by atoms with E-state index in [0.29, 0.717) is 11.3 Å². The fourth-order valence-corrected chi connectivity index (χ4v) is 2.89. The molecule has 142 valence electrons. The zero-order chi connectivity index (χ0) is 19.9. The second kappa shape index (κ2) is 9.00. The molecule has 3 rings (SSSR count). The molecule has 0 aliphatic carbocycles. The van der Waals surface area contributed by atoms with Crippen molar-refractivity contribution >= 4 is 17.5 Å². The topological polar surface area (TPSA) is 58.2 Å². The lowest BCUT2D eigenvalue weighted by Gasteiger charge is -2.20. The summed E-state index contributed by atoms with van der Waals surface area (Å²) in [4.78, 5) is 24.9. The molecule has 0 aliphatic rings. The van der Waals surface area contributed by atoms with Crippen molar-refractivity contribution in [2.24, 2.45) is 5.92 Å². The Morgan fingerprint density at radius 3 is 1.86 bits per heavy atom. The normalized spacial score (nSPS) is 10.7. The van der Waals surface area contributed by atoms with Crippen LogP contribution in [0, 0.1) is 5.92 Å². The average Bonchev–Trinajstić information content (AvgIpc) is 2.73. The molecule has 0 heterocycles. The second-order valence-electron chi connectivity index (χ2n) is 6.95. The van der Waals surface area contributed by atoms with Gasteiger partial charge in [0.2, 0.25) is 5.91 Å². The van der Waals surface area contributed by atoms with Crippen LogP contribution in [-0.2, 0) is 4.79 Å². The summed E-state index contributed by atoms with van der Waals surface area (Å²) >= 11 is 0. The summed E-state index contributed by atoms with van der Waals surface area (Å²) in [7, 11) is 0. The van der Waals surface area contributed by atoms with Crippen LogP contribution in [0.3, 0.4) is 0 Å². The number of amides is 2. The summed E-state index contributed by atoms with van der Waals surface area (Å²) in [5.74, 6) is -0.402. The average molecular weight is 372 g/mol. The lowest BCUT2D eigenvalue weighted by atomic mass is 9.98. The van der Waals surface area contributed by atoms with Crippen molar-refractivity contribution in [1.29, 1.82) is 0 Å². The van der Waals surface area contributed by atoms with Crippen LogP contribution in [0.5, 0.6) is 0 Å². The molecule has 0 saturated heterocycles. The SMILES string of the molecule is CC(C)C(=O)Nc1cccc(C(=O)NC(c2ccccc2)c2ccccc2)c1. The third kappa shape index (κ3) is 4.86. The third-order valence-corrected chi connectivity index (χ3v) is 4.46. The minimum Gasteiger partial charge on any atom is -0.341 e. The first-order valence-electron chi connectivity index (χ1n) is 9.36. The van der Waals surface area contributed by atoms with Crippen molar-refractivity contribution in [1.82, 2.24) is 5.32 Å². The molecule has 0 fully saturated rings. The number of nitrogens with one attached hydrogen (secondary N) is 2. The highest BCUT2D eigenvalue weighted by Gasteiger charge is 2.18. The first kappa shape index (κ1) is 19.4. The zero-order valence-corrected chi connectivity index (χ0v) is 16.1. The van der Waals surface area contributed by atoms with E-state index in [0.717, 1.165) is 11.1 Å². The van der Waals surface area contributed by atoms with Gasteiger partial charge in [0.05, 0.1) is 6.04 Å². The van der Waals surface area contributed by atoms with Gasteiger partial charge in [-0.3, -0.25) is 9.59 Å². The Morgan fingerprint density at radius 2 is 1.32 bits per heavy atom. The van der Waals surface area contributed by atoms with Crippen molar-refractivity contribution in [3.8, 4) is 0 Å². The van der Waals surface area contributed by atoms with Gasteiger partial charge in [-0.1, -0.05) is 80.6 Å². The molecule has 28 heavy (non-hydrogen) atoms. The first-order chi connectivity index (χ1) is 13.5. The van der Waals surface area contributed by atoms with Crippen molar-refractivity contribution in [2.75, 3.05) is 5.32 Å². The molecule has 3 aromatic rings. The van der Waals surface area contributed by atoms with Gasteiger partial charge in [0.1, 0.15) is 0 Å². The molecule has 2 N–H and O–H groups in total. The van der Waals surface area contributed by atoms with E-state index in [2.05, 4.69) is 10.6 Å². The van der Waals surface area contributed by atoms with Crippen molar-refractivity contribution < 1.29 is 9.59 Å². The standard InChI is InChI=1S/C24H24N2O2/c1-17(2)23(27)25-21-15-9-14-20(16-21)24(28)26-22(18-10-5-3-6-11-18)19-12-7-4-8-13-19/h3-17,22H,1-2H3,(H,25,27)(H,26,28). The predicted molar refractivity (Wildman–Crippen MR) is 112 cm³/mol. The van der Waals surface area contributed by atoms with Crippen LogP contribution >= 0.6 is 0 Å². The maximum absolute atomic E-state index is 12.9. The molecule has 0 aliphatic heterocycles. The summed E-state index contributed by atoms with van der Waals surface area (Å²) in [6, 6.07) is 26.5. The maximum Gasteiger partial charge on any atom is 0.252 e. The molecule has 4 heteroatoms. The van der Waals surface area contributed by atoms with E-state index in [1.807, 2.05) is 74.5 Å². The van der Waals surface area contributed by atoms with Crippen molar-refractivity contribution in [2.45, 2.75) is 19.9 Å². The zero-order valence-electron chi connectivity index (χ0n) is 16.1.